The highest BCUT2D eigenvalue weighted by Crippen LogP contribution is 2.38. The van der Waals surface area contributed by atoms with E-state index < -0.39 is 0 Å². The molecule has 20 heavy (non-hydrogen) atoms. The molecule has 1 saturated carbocycles. The van der Waals surface area contributed by atoms with E-state index in [1.54, 1.807) is 0 Å². The molecular weight excluding hydrogens is 314 g/mol. The predicted molar refractivity (Wildman–Crippen MR) is 87.6 cm³/mol. The third kappa shape index (κ3) is 3.45. The second-order valence-electron chi connectivity index (χ2n) is 6.40. The van der Waals surface area contributed by atoms with Crippen molar-refractivity contribution in [2.45, 2.75) is 52.4 Å². The molecule has 1 aromatic rings. The Bertz CT molecular complexity index is 441. The van der Waals surface area contributed by atoms with Crippen molar-refractivity contribution in [1.82, 2.24) is 9.78 Å². The van der Waals surface area contributed by atoms with Gasteiger partial charge in [0.25, 0.3) is 0 Å². The molecule has 3 nitrogen and oxygen atoms in total. The molecule has 0 aliphatic heterocycles. The molecule has 3 unspecified atom stereocenters. The second-order valence-corrected chi connectivity index (χ2v) is 7.19. The fourth-order valence-electron chi connectivity index (χ4n) is 3.80. The zero-order valence-electron chi connectivity index (χ0n) is 13.0. The van der Waals surface area contributed by atoms with Crippen LogP contribution in [0.5, 0.6) is 0 Å². The minimum Gasteiger partial charge on any atom is -0.330 e. The Balaban J connectivity index is 2.11. The van der Waals surface area contributed by atoms with Gasteiger partial charge in [-0.3, -0.25) is 4.68 Å². The number of hydrogen-bond donors (Lipinski definition) is 1. The maximum absolute atomic E-state index is 6.01. The molecule has 0 bridgehead atoms. The lowest BCUT2D eigenvalue weighted by Crippen LogP contribution is -2.32. The summed E-state index contributed by atoms with van der Waals surface area (Å²) in [5, 5.41) is 4.52. The molecule has 2 rings (SSSR count). The summed E-state index contributed by atoms with van der Waals surface area (Å²) in [6.07, 6.45) is 7.81. The van der Waals surface area contributed by atoms with Gasteiger partial charge < -0.3 is 5.73 Å². The van der Waals surface area contributed by atoms with Crippen LogP contribution in [-0.4, -0.2) is 16.3 Å². The molecule has 0 spiro atoms. The largest absolute Gasteiger partial charge is 0.330 e. The van der Waals surface area contributed by atoms with Crippen molar-refractivity contribution in [2.24, 2.45) is 30.5 Å². The van der Waals surface area contributed by atoms with Gasteiger partial charge in [0.05, 0.1) is 15.9 Å². The molecule has 1 aliphatic rings. The van der Waals surface area contributed by atoms with Gasteiger partial charge in [0.15, 0.2) is 0 Å². The zero-order chi connectivity index (χ0) is 14.7. The van der Waals surface area contributed by atoms with Crippen LogP contribution in [0.3, 0.4) is 0 Å². The Kier molecular flexibility index (Phi) is 5.67. The Morgan fingerprint density at radius 2 is 2.10 bits per heavy atom. The number of aryl methyl sites for hydroxylation is 2. The van der Waals surface area contributed by atoms with E-state index in [0.29, 0.717) is 5.92 Å². The lowest BCUT2D eigenvalue weighted by molar-refractivity contribution is 0.173. The number of aromatic nitrogens is 2. The van der Waals surface area contributed by atoms with Gasteiger partial charge in [-0.25, -0.2) is 0 Å². The van der Waals surface area contributed by atoms with Crippen molar-refractivity contribution in [2.75, 3.05) is 6.54 Å². The highest BCUT2D eigenvalue weighted by Gasteiger charge is 2.30. The van der Waals surface area contributed by atoms with E-state index >= 15 is 0 Å². The summed E-state index contributed by atoms with van der Waals surface area (Å²) in [7, 11) is 2.05. The van der Waals surface area contributed by atoms with Gasteiger partial charge in [-0.05, 0) is 66.4 Å². The quantitative estimate of drug-likeness (QED) is 0.884. The molecular formula is C16H28BrN3. The topological polar surface area (TPSA) is 43.8 Å². The maximum Gasteiger partial charge on any atom is 0.0738 e. The van der Waals surface area contributed by atoms with Crippen molar-refractivity contribution in [3.05, 3.63) is 15.9 Å². The number of hydrogen-bond acceptors (Lipinski definition) is 2. The van der Waals surface area contributed by atoms with Crippen molar-refractivity contribution in [3.63, 3.8) is 0 Å². The fourth-order valence-corrected chi connectivity index (χ4v) is 4.30. The van der Waals surface area contributed by atoms with Gasteiger partial charge in [0, 0.05) is 7.05 Å². The molecule has 1 heterocycles. The lowest BCUT2D eigenvalue weighted by Gasteiger charge is -2.36. The monoisotopic (exact) mass is 341 g/mol. The molecule has 2 N–H and O–H groups in total. The number of nitrogens with two attached hydrogens (primary N) is 1. The van der Waals surface area contributed by atoms with Gasteiger partial charge in [-0.1, -0.05) is 26.2 Å². The standard InChI is InChI=1S/C16H28BrN3/c1-4-5-12-6-7-13(10-18)14(8-12)9-15-16(17)11(2)19-20(15)3/h12-14H,4-10,18H2,1-3H3. The van der Waals surface area contributed by atoms with E-state index in [9.17, 15) is 0 Å². The van der Waals surface area contributed by atoms with Crippen LogP contribution < -0.4 is 5.73 Å². The SMILES string of the molecule is CCCC1CCC(CN)C(Cc2c(Br)c(C)nn2C)C1. The fraction of sp³-hybridized carbons (Fsp3) is 0.812. The summed E-state index contributed by atoms with van der Waals surface area (Å²) in [6.45, 7) is 5.19. The van der Waals surface area contributed by atoms with Crippen molar-refractivity contribution in [3.8, 4) is 0 Å². The first-order valence-corrected chi connectivity index (χ1v) is 8.74. The summed E-state index contributed by atoms with van der Waals surface area (Å²) in [5.41, 5.74) is 8.44. The Hall–Kier alpha value is -0.350. The molecule has 1 aliphatic carbocycles. The Morgan fingerprint density at radius 1 is 1.35 bits per heavy atom. The van der Waals surface area contributed by atoms with Crippen molar-refractivity contribution >= 4 is 15.9 Å². The second kappa shape index (κ2) is 7.08. The average molecular weight is 342 g/mol. The van der Waals surface area contributed by atoms with Gasteiger partial charge >= 0.3 is 0 Å². The van der Waals surface area contributed by atoms with E-state index in [1.807, 2.05) is 4.68 Å². The van der Waals surface area contributed by atoms with Crippen LogP contribution in [0.2, 0.25) is 0 Å². The molecule has 114 valence electrons. The number of nitrogens with zero attached hydrogens (tertiary/aromatic N) is 2. The van der Waals surface area contributed by atoms with Crippen LogP contribution >= 0.6 is 15.9 Å². The number of rotatable bonds is 5. The predicted octanol–water partition coefficient (Wildman–Crippen LogP) is 3.82. The molecule has 1 fully saturated rings. The summed E-state index contributed by atoms with van der Waals surface area (Å²) < 4.78 is 3.23. The molecule has 0 radical (unpaired) electrons. The molecule has 3 atom stereocenters. The average Bonchev–Trinajstić information content (AvgIpc) is 2.66. The minimum absolute atomic E-state index is 0.685. The molecule has 4 heteroatoms. The van der Waals surface area contributed by atoms with Crippen LogP contribution in [0.25, 0.3) is 0 Å². The summed E-state index contributed by atoms with van der Waals surface area (Å²) >= 11 is 3.70. The van der Waals surface area contributed by atoms with E-state index in [-0.39, 0.29) is 0 Å². The van der Waals surface area contributed by atoms with Crippen LogP contribution in [0.15, 0.2) is 4.47 Å². The van der Waals surface area contributed by atoms with E-state index in [1.165, 1.54) is 42.3 Å². The molecule has 0 aromatic carbocycles. The normalized spacial score (nSPS) is 26.9. The summed E-state index contributed by atoms with van der Waals surface area (Å²) in [6, 6.07) is 0. The van der Waals surface area contributed by atoms with Gasteiger partial charge in [0.2, 0.25) is 0 Å². The van der Waals surface area contributed by atoms with Crippen LogP contribution in [0.1, 0.15) is 50.4 Å². The maximum atomic E-state index is 6.01. The van der Waals surface area contributed by atoms with E-state index in [4.69, 9.17) is 5.73 Å². The van der Waals surface area contributed by atoms with Crippen LogP contribution in [-0.2, 0) is 13.5 Å². The zero-order valence-corrected chi connectivity index (χ0v) is 14.6. The minimum atomic E-state index is 0.685. The van der Waals surface area contributed by atoms with Gasteiger partial charge in [-0.2, -0.15) is 5.10 Å². The first kappa shape index (κ1) is 16.0. The van der Waals surface area contributed by atoms with E-state index in [0.717, 1.165) is 30.5 Å². The highest BCUT2D eigenvalue weighted by atomic mass is 79.9. The molecule has 0 saturated heterocycles. The molecule has 1 aromatic heterocycles. The Morgan fingerprint density at radius 3 is 2.65 bits per heavy atom. The van der Waals surface area contributed by atoms with Gasteiger partial charge in [0.1, 0.15) is 0 Å². The third-order valence-electron chi connectivity index (χ3n) is 4.97. The van der Waals surface area contributed by atoms with Crippen molar-refractivity contribution < 1.29 is 0 Å². The van der Waals surface area contributed by atoms with E-state index in [2.05, 4.69) is 41.9 Å². The van der Waals surface area contributed by atoms with Crippen molar-refractivity contribution in [1.29, 1.82) is 0 Å². The first-order valence-electron chi connectivity index (χ1n) is 7.94. The lowest BCUT2D eigenvalue weighted by atomic mass is 9.71. The van der Waals surface area contributed by atoms with Crippen LogP contribution in [0.4, 0.5) is 0 Å². The van der Waals surface area contributed by atoms with Gasteiger partial charge in [-0.15, -0.1) is 0 Å². The summed E-state index contributed by atoms with van der Waals surface area (Å²) in [4.78, 5) is 0. The first-order chi connectivity index (χ1) is 9.56. The highest BCUT2D eigenvalue weighted by molar-refractivity contribution is 9.10. The smallest absolute Gasteiger partial charge is 0.0738 e. The Labute approximate surface area is 131 Å². The molecule has 0 amide bonds. The summed E-state index contributed by atoms with van der Waals surface area (Å²) in [5.74, 6) is 2.31. The van der Waals surface area contributed by atoms with Crippen LogP contribution in [0, 0.1) is 24.7 Å². The third-order valence-corrected chi connectivity index (χ3v) is 6.00. The number of halogens is 1.